The average Bonchev–Trinajstić information content (AvgIpc) is 1.85. The zero-order valence-corrected chi connectivity index (χ0v) is 5.07. The smallest absolute Gasteiger partial charge is 0.1000 e. The van der Waals surface area contributed by atoms with E-state index in [9.17, 15) is 0 Å². The Hall–Kier alpha value is -0.790. The molecule has 44 valence electrons. The van der Waals surface area contributed by atoms with Gasteiger partial charge in [0.2, 0.25) is 0 Å². The maximum atomic E-state index is 7.25. The largest absolute Gasteiger partial charge is 0.359 e. The van der Waals surface area contributed by atoms with Crippen molar-refractivity contribution in [1.29, 1.82) is 5.41 Å². The van der Waals surface area contributed by atoms with Gasteiger partial charge in [-0.3, -0.25) is 5.41 Å². The third-order valence-electron chi connectivity index (χ3n) is 1.34. The quantitative estimate of drug-likeness (QED) is 0.460. The van der Waals surface area contributed by atoms with E-state index in [2.05, 4.69) is 6.58 Å². The van der Waals surface area contributed by atoms with Crippen molar-refractivity contribution in [3.63, 3.8) is 0 Å². The van der Waals surface area contributed by atoms with Crippen molar-refractivity contribution in [2.45, 2.75) is 6.42 Å². The summed E-state index contributed by atoms with van der Waals surface area (Å²) in [4.78, 5) is 1.91. The van der Waals surface area contributed by atoms with Crippen molar-refractivity contribution < 1.29 is 0 Å². The standard InChI is InChI=1S/C6H10N2/c1-5-3-6(7)8(2)4-5/h7H,1,3-4H2,2H3. The molecule has 0 aliphatic carbocycles. The summed E-state index contributed by atoms with van der Waals surface area (Å²) in [5.41, 5.74) is 1.15. The fourth-order valence-electron chi connectivity index (χ4n) is 0.859. The molecule has 1 N–H and O–H groups in total. The lowest BCUT2D eigenvalue weighted by Gasteiger charge is -2.06. The molecule has 0 radical (unpaired) electrons. The van der Waals surface area contributed by atoms with Crippen LogP contribution >= 0.6 is 0 Å². The Morgan fingerprint density at radius 2 is 2.38 bits per heavy atom. The van der Waals surface area contributed by atoms with Gasteiger partial charge in [-0.25, -0.2) is 0 Å². The van der Waals surface area contributed by atoms with Crippen molar-refractivity contribution in [2.24, 2.45) is 0 Å². The Morgan fingerprint density at radius 1 is 1.75 bits per heavy atom. The van der Waals surface area contributed by atoms with Crippen LogP contribution in [0.5, 0.6) is 0 Å². The summed E-state index contributed by atoms with van der Waals surface area (Å²) in [6.07, 6.45) is 0.774. The number of nitrogens with zero attached hydrogens (tertiary/aromatic N) is 1. The van der Waals surface area contributed by atoms with Crippen LogP contribution in [-0.2, 0) is 0 Å². The number of hydrogen-bond acceptors (Lipinski definition) is 1. The summed E-state index contributed by atoms with van der Waals surface area (Å²) in [6, 6.07) is 0. The molecule has 0 atom stereocenters. The molecule has 0 bridgehead atoms. The van der Waals surface area contributed by atoms with E-state index in [4.69, 9.17) is 5.41 Å². The number of hydrogen-bond donors (Lipinski definition) is 1. The minimum atomic E-state index is 0.690. The molecule has 1 fully saturated rings. The fraction of sp³-hybridized carbons (Fsp3) is 0.500. The molecule has 1 rings (SSSR count). The second-order valence-electron chi connectivity index (χ2n) is 2.23. The van der Waals surface area contributed by atoms with Gasteiger partial charge in [0.1, 0.15) is 0 Å². The van der Waals surface area contributed by atoms with Crippen molar-refractivity contribution >= 4 is 5.84 Å². The van der Waals surface area contributed by atoms with E-state index in [1.54, 1.807) is 0 Å². The first kappa shape index (κ1) is 5.35. The normalized spacial score (nSPS) is 20.4. The van der Waals surface area contributed by atoms with E-state index in [0.29, 0.717) is 5.84 Å². The number of nitrogens with one attached hydrogen (secondary N) is 1. The molecule has 1 heterocycles. The molecule has 2 nitrogen and oxygen atoms in total. The predicted molar refractivity (Wildman–Crippen MR) is 34.1 cm³/mol. The van der Waals surface area contributed by atoms with Gasteiger partial charge in [-0.05, 0) is 0 Å². The highest BCUT2D eigenvalue weighted by molar-refractivity contribution is 5.84. The Bertz CT molecular complexity index is 137. The maximum Gasteiger partial charge on any atom is 0.1000 e. The first-order valence-electron chi connectivity index (χ1n) is 2.65. The number of amidine groups is 1. The van der Waals surface area contributed by atoms with Gasteiger partial charge in [0, 0.05) is 20.0 Å². The van der Waals surface area contributed by atoms with Gasteiger partial charge in [-0.2, -0.15) is 0 Å². The second kappa shape index (κ2) is 1.62. The van der Waals surface area contributed by atoms with E-state index < -0.39 is 0 Å². The van der Waals surface area contributed by atoms with E-state index in [0.717, 1.165) is 18.5 Å². The maximum absolute atomic E-state index is 7.25. The first-order valence-corrected chi connectivity index (χ1v) is 2.65. The zero-order chi connectivity index (χ0) is 6.15. The molecule has 0 spiro atoms. The van der Waals surface area contributed by atoms with E-state index in [1.807, 2.05) is 11.9 Å². The van der Waals surface area contributed by atoms with Crippen molar-refractivity contribution in [3.8, 4) is 0 Å². The van der Waals surface area contributed by atoms with Gasteiger partial charge in [0.25, 0.3) is 0 Å². The lowest BCUT2D eigenvalue weighted by atomic mass is 10.3. The SMILES string of the molecule is C=C1CC(=N)N(C)C1. The highest BCUT2D eigenvalue weighted by Crippen LogP contribution is 2.11. The molecule has 0 unspecified atom stereocenters. The van der Waals surface area contributed by atoms with Gasteiger partial charge >= 0.3 is 0 Å². The summed E-state index contributed by atoms with van der Waals surface area (Å²) in [5, 5.41) is 7.25. The summed E-state index contributed by atoms with van der Waals surface area (Å²) in [5.74, 6) is 0.690. The van der Waals surface area contributed by atoms with Gasteiger partial charge < -0.3 is 4.90 Å². The van der Waals surface area contributed by atoms with Crippen LogP contribution < -0.4 is 0 Å². The highest BCUT2D eigenvalue weighted by Gasteiger charge is 2.14. The number of rotatable bonds is 0. The van der Waals surface area contributed by atoms with Gasteiger partial charge in [-0.1, -0.05) is 12.2 Å². The lowest BCUT2D eigenvalue weighted by Crippen LogP contribution is -2.17. The first-order chi connectivity index (χ1) is 3.70. The molecule has 0 amide bonds. The Kier molecular flexibility index (Phi) is 1.08. The molecule has 1 aliphatic rings. The molecule has 8 heavy (non-hydrogen) atoms. The van der Waals surface area contributed by atoms with Crippen LogP contribution in [0.3, 0.4) is 0 Å². The van der Waals surface area contributed by atoms with Crippen molar-refractivity contribution in [1.82, 2.24) is 4.90 Å². The molecular weight excluding hydrogens is 100 g/mol. The van der Waals surface area contributed by atoms with Crippen LogP contribution in [-0.4, -0.2) is 24.3 Å². The fourth-order valence-corrected chi connectivity index (χ4v) is 0.859. The molecular formula is C6H10N2. The third kappa shape index (κ3) is 0.735. The van der Waals surface area contributed by atoms with Crippen molar-refractivity contribution in [3.05, 3.63) is 12.2 Å². The van der Waals surface area contributed by atoms with Gasteiger partial charge in [-0.15, -0.1) is 0 Å². The highest BCUT2D eigenvalue weighted by atomic mass is 15.2. The lowest BCUT2D eigenvalue weighted by molar-refractivity contribution is 0.578. The Morgan fingerprint density at radius 3 is 2.50 bits per heavy atom. The predicted octanol–water partition coefficient (Wildman–Crippen LogP) is 0.855. The van der Waals surface area contributed by atoms with Crippen LogP contribution in [0.4, 0.5) is 0 Å². The van der Waals surface area contributed by atoms with Crippen LogP contribution in [0.15, 0.2) is 12.2 Å². The molecule has 0 aromatic rings. The van der Waals surface area contributed by atoms with Crippen LogP contribution in [0, 0.1) is 5.41 Å². The Balaban J connectivity index is 2.64. The van der Waals surface area contributed by atoms with E-state index in [-0.39, 0.29) is 0 Å². The number of likely N-dealkylation sites (tertiary alicyclic amines) is 1. The zero-order valence-electron chi connectivity index (χ0n) is 5.07. The summed E-state index contributed by atoms with van der Waals surface area (Å²) in [6.45, 7) is 4.65. The molecule has 1 saturated heterocycles. The van der Waals surface area contributed by atoms with Crippen molar-refractivity contribution in [2.75, 3.05) is 13.6 Å². The summed E-state index contributed by atoms with van der Waals surface area (Å²) < 4.78 is 0. The molecule has 2 heteroatoms. The topological polar surface area (TPSA) is 27.1 Å². The van der Waals surface area contributed by atoms with Crippen LogP contribution in [0.1, 0.15) is 6.42 Å². The van der Waals surface area contributed by atoms with Crippen LogP contribution in [0.2, 0.25) is 0 Å². The number of likely N-dealkylation sites (N-methyl/N-ethyl adjacent to an activating group) is 1. The van der Waals surface area contributed by atoms with E-state index in [1.165, 1.54) is 0 Å². The van der Waals surface area contributed by atoms with Crippen LogP contribution in [0.25, 0.3) is 0 Å². The molecule has 0 aromatic carbocycles. The minimum absolute atomic E-state index is 0.690. The molecule has 0 saturated carbocycles. The Labute approximate surface area is 49.3 Å². The monoisotopic (exact) mass is 110 g/mol. The van der Waals surface area contributed by atoms with Gasteiger partial charge in [0.15, 0.2) is 0 Å². The summed E-state index contributed by atoms with van der Waals surface area (Å²) in [7, 11) is 1.92. The average molecular weight is 110 g/mol. The second-order valence-corrected chi connectivity index (χ2v) is 2.23. The molecule has 1 aliphatic heterocycles. The molecule has 0 aromatic heterocycles. The minimum Gasteiger partial charge on any atom is -0.359 e. The summed E-state index contributed by atoms with van der Waals surface area (Å²) >= 11 is 0. The third-order valence-corrected chi connectivity index (χ3v) is 1.34. The van der Waals surface area contributed by atoms with E-state index >= 15 is 0 Å². The van der Waals surface area contributed by atoms with Gasteiger partial charge in [0.05, 0.1) is 5.84 Å².